The van der Waals surface area contributed by atoms with Crippen molar-refractivity contribution >= 4 is 5.97 Å². The molecule has 2 heterocycles. The van der Waals surface area contributed by atoms with E-state index in [1.54, 1.807) is 0 Å². The molecule has 0 radical (unpaired) electrons. The van der Waals surface area contributed by atoms with Gasteiger partial charge in [-0.05, 0) is 51.4 Å². The Kier molecular flexibility index (Phi) is 3.52. The molecule has 0 unspecified atom stereocenters. The van der Waals surface area contributed by atoms with Crippen LogP contribution in [-0.4, -0.2) is 29.6 Å². The van der Waals surface area contributed by atoms with Crippen LogP contribution >= 0.6 is 0 Å². The first kappa shape index (κ1) is 12.2. The molecule has 2 rings (SSSR count). The lowest BCUT2D eigenvalue weighted by Crippen LogP contribution is -2.36. The molecule has 0 bridgehead atoms. The minimum absolute atomic E-state index is 0.105. The van der Waals surface area contributed by atoms with E-state index >= 15 is 0 Å². The fourth-order valence-electron chi connectivity index (χ4n) is 2.76. The number of carbonyl (C=O) groups is 1. The van der Waals surface area contributed by atoms with Crippen LogP contribution in [0.4, 0.5) is 0 Å². The van der Waals surface area contributed by atoms with Crippen LogP contribution in [0.15, 0.2) is 16.5 Å². The minimum Gasteiger partial charge on any atom is -0.481 e. The van der Waals surface area contributed by atoms with Crippen molar-refractivity contribution in [3.63, 3.8) is 0 Å². The van der Waals surface area contributed by atoms with Gasteiger partial charge in [0.15, 0.2) is 0 Å². The van der Waals surface area contributed by atoms with Gasteiger partial charge in [-0.25, -0.2) is 0 Å². The Morgan fingerprint density at radius 2 is 2.35 bits per heavy atom. The van der Waals surface area contributed by atoms with Gasteiger partial charge in [-0.3, -0.25) is 9.69 Å². The van der Waals surface area contributed by atoms with Gasteiger partial charge in [0.2, 0.25) is 0 Å². The van der Waals surface area contributed by atoms with Crippen LogP contribution in [0, 0.1) is 12.8 Å². The Balaban J connectivity index is 2.21. The standard InChI is InChI=1S/C13H19NO3/c1-9-5-6-11(17-9)13-10(8-12(15)16)4-3-7-14(13)2/h5-6,10,13H,3-4,7-8H2,1-2H3,(H,15,16)/t10-,13+/m1/s1. The highest BCUT2D eigenvalue weighted by atomic mass is 16.4. The molecular weight excluding hydrogens is 218 g/mol. The summed E-state index contributed by atoms with van der Waals surface area (Å²) >= 11 is 0. The quantitative estimate of drug-likeness (QED) is 0.877. The highest BCUT2D eigenvalue weighted by Crippen LogP contribution is 2.37. The fraction of sp³-hybridized carbons (Fsp3) is 0.615. The van der Waals surface area contributed by atoms with Gasteiger partial charge in [-0.2, -0.15) is 0 Å². The van der Waals surface area contributed by atoms with Crippen molar-refractivity contribution in [2.24, 2.45) is 5.92 Å². The predicted octanol–water partition coefficient (Wildman–Crippen LogP) is 2.45. The summed E-state index contributed by atoms with van der Waals surface area (Å²) < 4.78 is 5.67. The molecule has 0 spiro atoms. The van der Waals surface area contributed by atoms with Crippen molar-refractivity contribution in [2.75, 3.05) is 13.6 Å². The van der Waals surface area contributed by atoms with E-state index in [9.17, 15) is 4.79 Å². The average molecular weight is 237 g/mol. The maximum absolute atomic E-state index is 10.9. The van der Waals surface area contributed by atoms with Crippen molar-refractivity contribution in [1.29, 1.82) is 0 Å². The zero-order valence-corrected chi connectivity index (χ0v) is 10.3. The third-order valence-corrected chi connectivity index (χ3v) is 3.50. The van der Waals surface area contributed by atoms with Gasteiger partial charge in [-0.1, -0.05) is 0 Å². The van der Waals surface area contributed by atoms with E-state index in [1.165, 1.54) is 0 Å². The lowest BCUT2D eigenvalue weighted by molar-refractivity contribution is -0.139. The second kappa shape index (κ2) is 4.92. The van der Waals surface area contributed by atoms with E-state index in [-0.39, 0.29) is 18.4 Å². The van der Waals surface area contributed by atoms with Crippen LogP contribution < -0.4 is 0 Å². The van der Waals surface area contributed by atoms with Crippen molar-refractivity contribution in [3.05, 3.63) is 23.7 Å². The van der Waals surface area contributed by atoms with Crippen molar-refractivity contribution in [2.45, 2.75) is 32.2 Å². The van der Waals surface area contributed by atoms with Gasteiger partial charge in [0.05, 0.1) is 12.5 Å². The molecule has 17 heavy (non-hydrogen) atoms. The SMILES string of the molecule is Cc1ccc([C@@H]2[C@@H](CC(=O)O)CCCN2C)o1. The average Bonchev–Trinajstić information content (AvgIpc) is 2.64. The molecule has 94 valence electrons. The first-order valence-electron chi connectivity index (χ1n) is 6.06. The molecule has 0 aliphatic carbocycles. The maximum atomic E-state index is 10.9. The van der Waals surface area contributed by atoms with Crippen LogP contribution in [0.2, 0.25) is 0 Å². The smallest absolute Gasteiger partial charge is 0.303 e. The first-order chi connectivity index (χ1) is 8.08. The third kappa shape index (κ3) is 2.69. The number of aryl methyl sites for hydroxylation is 1. The Morgan fingerprint density at radius 3 is 2.94 bits per heavy atom. The van der Waals surface area contributed by atoms with Gasteiger partial charge < -0.3 is 9.52 Å². The van der Waals surface area contributed by atoms with E-state index < -0.39 is 5.97 Å². The van der Waals surface area contributed by atoms with E-state index in [0.29, 0.717) is 0 Å². The molecule has 1 saturated heterocycles. The molecule has 1 aromatic heterocycles. The van der Waals surface area contributed by atoms with Crippen LogP contribution in [0.3, 0.4) is 0 Å². The lowest BCUT2D eigenvalue weighted by atomic mass is 9.85. The number of furan rings is 1. The molecule has 1 aliphatic heterocycles. The van der Waals surface area contributed by atoms with Crippen molar-refractivity contribution in [1.82, 2.24) is 4.90 Å². The highest BCUT2D eigenvalue weighted by Gasteiger charge is 2.33. The van der Waals surface area contributed by atoms with Crippen molar-refractivity contribution < 1.29 is 14.3 Å². The Labute approximate surface area is 101 Å². The summed E-state index contributed by atoms with van der Waals surface area (Å²) in [5.41, 5.74) is 0. The van der Waals surface area contributed by atoms with Gasteiger partial charge in [0, 0.05) is 0 Å². The normalized spacial score (nSPS) is 26.0. The first-order valence-corrected chi connectivity index (χ1v) is 6.06. The van der Waals surface area contributed by atoms with E-state index in [0.717, 1.165) is 30.9 Å². The third-order valence-electron chi connectivity index (χ3n) is 3.50. The second-order valence-electron chi connectivity index (χ2n) is 4.87. The monoisotopic (exact) mass is 237 g/mol. The van der Waals surface area contributed by atoms with Gasteiger partial charge in [0.25, 0.3) is 0 Å². The number of carboxylic acids is 1. The number of aliphatic carboxylic acids is 1. The zero-order chi connectivity index (χ0) is 12.4. The molecule has 4 nitrogen and oxygen atoms in total. The molecule has 1 N–H and O–H groups in total. The second-order valence-corrected chi connectivity index (χ2v) is 4.87. The van der Waals surface area contributed by atoms with Crippen LogP contribution in [0.25, 0.3) is 0 Å². The Bertz CT molecular complexity index is 399. The minimum atomic E-state index is -0.724. The summed E-state index contributed by atoms with van der Waals surface area (Å²) in [6.45, 7) is 2.92. The lowest BCUT2D eigenvalue weighted by Gasteiger charge is -2.37. The highest BCUT2D eigenvalue weighted by molar-refractivity contribution is 5.67. The summed E-state index contributed by atoms with van der Waals surface area (Å²) in [5, 5.41) is 8.97. The van der Waals surface area contributed by atoms with Crippen molar-refractivity contribution in [3.8, 4) is 0 Å². The number of piperidine rings is 1. The molecule has 1 aromatic rings. The zero-order valence-electron chi connectivity index (χ0n) is 10.3. The van der Waals surface area contributed by atoms with E-state index in [1.807, 2.05) is 26.1 Å². The summed E-state index contributed by atoms with van der Waals surface area (Å²) in [4.78, 5) is 13.1. The molecule has 0 amide bonds. The molecule has 4 heteroatoms. The summed E-state index contributed by atoms with van der Waals surface area (Å²) in [5.74, 6) is 1.21. The number of hydrogen-bond acceptors (Lipinski definition) is 3. The number of hydrogen-bond donors (Lipinski definition) is 1. The van der Waals surface area contributed by atoms with Crippen LogP contribution in [0.1, 0.15) is 36.8 Å². The molecule has 1 aliphatic rings. The van der Waals surface area contributed by atoms with Crippen LogP contribution in [-0.2, 0) is 4.79 Å². The van der Waals surface area contributed by atoms with Gasteiger partial charge in [0.1, 0.15) is 11.5 Å². The molecule has 2 atom stereocenters. The van der Waals surface area contributed by atoms with Gasteiger partial charge in [-0.15, -0.1) is 0 Å². The number of likely N-dealkylation sites (tertiary alicyclic amines) is 1. The van der Waals surface area contributed by atoms with Crippen LogP contribution in [0.5, 0.6) is 0 Å². The summed E-state index contributed by atoms with van der Waals surface area (Å²) in [6.07, 6.45) is 2.24. The number of rotatable bonds is 3. The van der Waals surface area contributed by atoms with E-state index in [4.69, 9.17) is 9.52 Å². The summed E-state index contributed by atoms with van der Waals surface area (Å²) in [6, 6.07) is 4.01. The number of nitrogens with zero attached hydrogens (tertiary/aromatic N) is 1. The molecule has 1 fully saturated rings. The largest absolute Gasteiger partial charge is 0.481 e. The van der Waals surface area contributed by atoms with E-state index in [2.05, 4.69) is 4.90 Å². The fourth-order valence-corrected chi connectivity index (χ4v) is 2.76. The number of carboxylic acid groups (broad SMARTS) is 1. The molecule has 0 aromatic carbocycles. The molecule has 0 saturated carbocycles. The Hall–Kier alpha value is -1.29. The Morgan fingerprint density at radius 1 is 1.59 bits per heavy atom. The topological polar surface area (TPSA) is 53.7 Å². The molecular formula is C13H19NO3. The summed E-state index contributed by atoms with van der Waals surface area (Å²) in [7, 11) is 2.04. The van der Waals surface area contributed by atoms with Gasteiger partial charge >= 0.3 is 5.97 Å². The predicted molar refractivity (Wildman–Crippen MR) is 63.8 cm³/mol. The maximum Gasteiger partial charge on any atom is 0.303 e.